The first-order valence-electron chi connectivity index (χ1n) is 20.1. The molecule has 4 heterocycles. The van der Waals surface area contributed by atoms with Crippen LogP contribution < -0.4 is 55.6 Å². The Morgan fingerprint density at radius 3 is 0.812 bits per heavy atom. The van der Waals surface area contributed by atoms with E-state index < -0.39 is 172 Å². The van der Waals surface area contributed by atoms with Gasteiger partial charge in [-0.25, -0.2) is 13.7 Å². The summed E-state index contributed by atoms with van der Waals surface area (Å²) in [5.41, 5.74) is -5.13. The fourth-order valence-electron chi connectivity index (χ4n) is 7.03. The molecule has 4 unspecified atom stereocenters. The molecule has 0 spiro atoms. The highest BCUT2D eigenvalue weighted by Gasteiger charge is 2.28. The number of aromatic nitrogens is 4. The third-order valence-corrected chi connectivity index (χ3v) is 13.6. The van der Waals surface area contributed by atoms with Crippen molar-refractivity contribution in [1.82, 2.24) is 29.3 Å². The lowest BCUT2D eigenvalue weighted by Gasteiger charge is -2.16. The smallest absolute Gasteiger partial charge is 0.396 e. The molecule has 0 radical (unpaired) electrons. The molecule has 6 aromatic rings. The highest BCUT2D eigenvalue weighted by Crippen LogP contribution is 2.44. The van der Waals surface area contributed by atoms with Crippen molar-refractivity contribution in [2.45, 2.75) is 26.2 Å². The van der Waals surface area contributed by atoms with Crippen LogP contribution >= 0.6 is 23.5 Å². The van der Waals surface area contributed by atoms with Crippen LogP contribution in [0.1, 0.15) is 0 Å². The van der Waals surface area contributed by atoms with Crippen LogP contribution in [0, 0.1) is 11.8 Å². The number of fused-ring (bicyclic) bond motifs is 4. The molecule has 7 N–H and O–H groups in total. The van der Waals surface area contributed by atoms with Gasteiger partial charge in [0.15, 0.2) is 0 Å². The molecule has 0 aliphatic rings. The molecule has 0 saturated heterocycles. The van der Waals surface area contributed by atoms with Crippen LogP contribution in [-0.2, 0) is 67.0 Å². The van der Waals surface area contributed by atoms with Crippen LogP contribution in [0.5, 0.6) is 0 Å². The Hall–Kier alpha value is -4.97. The first-order valence-corrected chi connectivity index (χ1v) is 24.6. The fourth-order valence-corrected chi connectivity index (χ4v) is 9.30. The number of phosphoric ester groups is 3. The van der Waals surface area contributed by atoms with E-state index >= 15 is 0 Å². The summed E-state index contributed by atoms with van der Waals surface area (Å²) < 4.78 is 92.7. The number of nitrogens with zero attached hydrogens (tertiary/aromatic N) is 4. The van der Waals surface area contributed by atoms with Gasteiger partial charge >= 0.3 is 23.5 Å². The van der Waals surface area contributed by atoms with Gasteiger partial charge in [-0.15, -0.1) is 8.96 Å². The van der Waals surface area contributed by atoms with Crippen molar-refractivity contribution in [3.63, 3.8) is 0 Å². The second-order valence-corrected chi connectivity index (χ2v) is 19.4. The first-order chi connectivity index (χ1) is 32.6. The van der Waals surface area contributed by atoms with Gasteiger partial charge in [-0.05, 0) is 24.3 Å². The van der Waals surface area contributed by atoms with Crippen molar-refractivity contribution in [2.24, 2.45) is 11.8 Å². The van der Waals surface area contributed by atoms with E-state index in [9.17, 15) is 75.7 Å². The van der Waals surface area contributed by atoms with E-state index in [0.29, 0.717) is 18.3 Å². The SMILES string of the molecule is O=c1c2cc3c(=O)n(CCOP(=O)(O)OCC(CO)CNF)c(=O)c3cc2c(=O)n1CCOP(=O)(O)OCCn1c(=O)c2cc3c(=O)n(CCOP(=O)(O)OCC(CO)CNF)c(=O)c3cc2c1=O. The Balaban J connectivity index is 1.05. The van der Waals surface area contributed by atoms with Crippen molar-refractivity contribution in [2.75, 3.05) is 65.9 Å². The molecule has 0 amide bonds. The summed E-state index contributed by atoms with van der Waals surface area (Å²) in [6.07, 6.45) is 0. The van der Waals surface area contributed by atoms with Gasteiger partial charge < -0.3 is 24.9 Å². The zero-order valence-electron chi connectivity index (χ0n) is 35.4. The Morgan fingerprint density at radius 2 is 0.623 bits per heavy atom. The summed E-state index contributed by atoms with van der Waals surface area (Å²) in [5, 5.41) is 15.9. The number of phosphoric acid groups is 3. The number of hydrogen-bond donors (Lipinski definition) is 7. The normalized spacial score (nSPS) is 15.9. The van der Waals surface area contributed by atoms with E-state index in [-0.39, 0.29) is 43.1 Å². The maximum absolute atomic E-state index is 13.2. The molecule has 69 heavy (non-hydrogen) atoms. The van der Waals surface area contributed by atoms with E-state index in [1.165, 1.54) is 11.1 Å². The van der Waals surface area contributed by atoms with Gasteiger partial charge in [-0.3, -0.25) is 83.8 Å². The van der Waals surface area contributed by atoms with E-state index in [1.807, 2.05) is 0 Å². The van der Waals surface area contributed by atoms with Gasteiger partial charge in [-0.1, -0.05) is 0 Å². The highest BCUT2D eigenvalue weighted by molar-refractivity contribution is 7.47. The number of benzene rings is 2. The zero-order chi connectivity index (χ0) is 50.6. The van der Waals surface area contributed by atoms with Crippen LogP contribution in [0.15, 0.2) is 62.6 Å². The highest BCUT2D eigenvalue weighted by atomic mass is 31.2. The molecular weight excluding hydrogens is 999 g/mol. The maximum Gasteiger partial charge on any atom is 0.472 e. The van der Waals surface area contributed by atoms with E-state index in [0.717, 1.165) is 24.3 Å². The summed E-state index contributed by atoms with van der Waals surface area (Å²) in [7, 11) is -14.6. The minimum Gasteiger partial charge on any atom is -0.396 e. The standard InChI is InChI=1S/C36H41F2N6O22P3/c37-39-13-19(15-45)17-65-68(57,58)63-7-3-43-33(51)25-9-21-22(10-26(25)34(43)52)30(48)41(29(21)47)1-5-61-67(55,56)62-6-2-42-31(49)23-11-27-28(12-24(23)32(42)50)36(54)44(35(27)53)4-8-64-69(59,60)66-18-20(16-46)14-40-38/h9-12,19-20,39-40,45-46H,1-8,13-18H2,(H,55,56)(H,57,58)(H,59,60). The minimum absolute atomic E-state index is 0.292. The Kier molecular flexibility index (Phi) is 17.0. The number of halogens is 2. The maximum atomic E-state index is 13.2. The third-order valence-electron chi connectivity index (χ3n) is 10.6. The van der Waals surface area contributed by atoms with Crippen molar-refractivity contribution < 1.29 is 74.7 Å². The Morgan fingerprint density at radius 1 is 0.420 bits per heavy atom. The molecule has 6 rings (SSSR count). The summed E-state index contributed by atoms with van der Waals surface area (Å²) in [6.45, 7) is -8.56. The summed E-state index contributed by atoms with van der Waals surface area (Å²) >= 11 is 0. The zero-order valence-corrected chi connectivity index (χ0v) is 38.1. The van der Waals surface area contributed by atoms with E-state index in [2.05, 4.69) is 0 Å². The van der Waals surface area contributed by atoms with Crippen LogP contribution in [0.2, 0.25) is 0 Å². The average Bonchev–Trinajstić information content (AvgIpc) is 3.87. The number of nitrogens with one attached hydrogen (secondary N) is 2. The fraction of sp³-hybridized carbons (Fsp3) is 0.444. The Labute approximate surface area is 381 Å². The van der Waals surface area contributed by atoms with Gasteiger partial charge in [0.05, 0.1) is 109 Å². The van der Waals surface area contributed by atoms with Crippen LogP contribution in [0.3, 0.4) is 0 Å². The molecule has 0 aliphatic heterocycles. The summed E-state index contributed by atoms with van der Waals surface area (Å²) in [6, 6.07) is 3.95. The van der Waals surface area contributed by atoms with Gasteiger partial charge in [0.1, 0.15) is 0 Å². The lowest BCUT2D eigenvalue weighted by molar-refractivity contribution is 0.0970. The van der Waals surface area contributed by atoms with Crippen LogP contribution in [0.25, 0.3) is 43.1 Å². The number of aliphatic hydroxyl groups excluding tert-OH is 2. The monoisotopic (exact) mass is 1040 g/mol. The van der Waals surface area contributed by atoms with E-state index in [1.54, 1.807) is 0 Å². The minimum atomic E-state index is -5.01. The molecule has 376 valence electrons. The predicted molar refractivity (Wildman–Crippen MR) is 234 cm³/mol. The molecule has 0 bridgehead atoms. The number of aliphatic hydroxyl groups is 2. The van der Waals surface area contributed by atoms with Crippen molar-refractivity contribution in [1.29, 1.82) is 0 Å². The third kappa shape index (κ3) is 11.8. The number of rotatable bonds is 28. The van der Waals surface area contributed by atoms with Gasteiger partial charge in [0.25, 0.3) is 44.5 Å². The van der Waals surface area contributed by atoms with Crippen LogP contribution in [0.4, 0.5) is 8.96 Å². The van der Waals surface area contributed by atoms with Crippen molar-refractivity contribution >= 4 is 66.6 Å². The molecule has 0 saturated carbocycles. The van der Waals surface area contributed by atoms with Crippen molar-refractivity contribution in [3.05, 3.63) is 107 Å². The Bertz CT molecular complexity index is 3090. The molecule has 0 fully saturated rings. The average molecular weight is 1040 g/mol. The topological polar surface area (TPSA) is 388 Å². The summed E-state index contributed by atoms with van der Waals surface area (Å²) in [5.74, 6) is -1.80. The molecule has 2 aromatic carbocycles. The predicted octanol–water partition coefficient (Wildman–Crippen LogP) is -2.60. The quantitative estimate of drug-likeness (QED) is 0.0196. The lowest BCUT2D eigenvalue weighted by Crippen LogP contribution is -2.28. The second kappa shape index (κ2) is 22.0. The molecule has 4 aromatic heterocycles. The second-order valence-electron chi connectivity index (χ2n) is 15.0. The number of hydrogen-bond acceptors (Lipinski definition) is 21. The molecular formula is C36H41F2N6O22P3. The molecule has 0 aliphatic carbocycles. The first kappa shape index (κ1) is 53.4. The summed E-state index contributed by atoms with van der Waals surface area (Å²) in [4.78, 5) is 135. The molecule has 33 heteroatoms. The van der Waals surface area contributed by atoms with Crippen LogP contribution in [-0.4, -0.2) is 109 Å². The van der Waals surface area contributed by atoms with Gasteiger partial charge in [0.2, 0.25) is 0 Å². The molecule has 28 nitrogen and oxygen atoms in total. The van der Waals surface area contributed by atoms with Crippen molar-refractivity contribution in [3.8, 4) is 0 Å². The van der Waals surface area contributed by atoms with Gasteiger partial charge in [0, 0.05) is 38.1 Å². The van der Waals surface area contributed by atoms with Gasteiger partial charge in [-0.2, -0.15) is 11.1 Å². The van der Waals surface area contributed by atoms with E-state index in [4.69, 9.17) is 37.4 Å². The molecule has 4 atom stereocenters. The largest absolute Gasteiger partial charge is 0.472 e. The lowest BCUT2D eigenvalue weighted by atomic mass is 10.1.